The Hall–Kier alpha value is -1.06. The molecular weight excluding hydrogens is 224 g/mol. The van der Waals surface area contributed by atoms with Gasteiger partial charge < -0.3 is 10.6 Å². The summed E-state index contributed by atoms with van der Waals surface area (Å²) in [5.41, 5.74) is 6.80. The van der Waals surface area contributed by atoms with E-state index < -0.39 is 6.04 Å². The first kappa shape index (κ1) is 13.0. The Morgan fingerprint density at radius 2 is 1.94 bits per heavy atom. The minimum absolute atomic E-state index is 0. The molecule has 88 valence electrons. The number of hydrogen-bond acceptors (Lipinski definition) is 2. The lowest BCUT2D eigenvalue weighted by molar-refractivity contribution is -0.131. The van der Waals surface area contributed by atoms with Gasteiger partial charge >= 0.3 is 0 Å². The van der Waals surface area contributed by atoms with Gasteiger partial charge in [0.25, 0.3) is 0 Å². The average Bonchev–Trinajstić information content (AvgIpc) is 3.11. The summed E-state index contributed by atoms with van der Waals surface area (Å²) in [6.45, 7) is 0. The molecule has 16 heavy (non-hydrogen) atoms. The van der Waals surface area contributed by atoms with Crippen molar-refractivity contribution in [3.05, 3.63) is 35.9 Å². The van der Waals surface area contributed by atoms with Crippen molar-refractivity contribution in [1.82, 2.24) is 4.90 Å². The van der Waals surface area contributed by atoms with Crippen LogP contribution < -0.4 is 5.73 Å². The highest BCUT2D eigenvalue weighted by Gasteiger charge is 2.32. The minimum Gasteiger partial charge on any atom is -0.341 e. The molecule has 0 heterocycles. The van der Waals surface area contributed by atoms with Gasteiger partial charge in [0.1, 0.15) is 6.04 Å². The maximum absolute atomic E-state index is 11.9. The van der Waals surface area contributed by atoms with Gasteiger partial charge in [-0.25, -0.2) is 0 Å². The fraction of sp³-hybridized carbons (Fsp3) is 0.417. The maximum atomic E-state index is 11.9. The van der Waals surface area contributed by atoms with Crippen molar-refractivity contribution < 1.29 is 4.79 Å². The lowest BCUT2D eigenvalue weighted by atomic mass is 10.1. The number of rotatable bonds is 3. The molecule has 0 radical (unpaired) electrons. The molecular formula is C12H17ClN2O. The van der Waals surface area contributed by atoms with E-state index in [4.69, 9.17) is 5.73 Å². The summed E-state index contributed by atoms with van der Waals surface area (Å²) in [6.07, 6.45) is 2.23. The van der Waals surface area contributed by atoms with Crippen LogP contribution in [0.2, 0.25) is 0 Å². The normalized spacial score (nSPS) is 16.1. The third kappa shape index (κ3) is 2.74. The number of amides is 1. The summed E-state index contributed by atoms with van der Waals surface area (Å²) in [4.78, 5) is 13.7. The topological polar surface area (TPSA) is 46.3 Å². The molecule has 1 unspecified atom stereocenters. The van der Waals surface area contributed by atoms with E-state index >= 15 is 0 Å². The van der Waals surface area contributed by atoms with Crippen molar-refractivity contribution in [3.8, 4) is 0 Å². The van der Waals surface area contributed by atoms with Gasteiger partial charge in [0.05, 0.1) is 0 Å². The maximum Gasteiger partial charge on any atom is 0.244 e. The highest BCUT2D eigenvalue weighted by atomic mass is 35.5. The molecule has 1 amide bonds. The summed E-state index contributed by atoms with van der Waals surface area (Å²) in [5, 5.41) is 0. The molecule has 1 aromatic carbocycles. The quantitative estimate of drug-likeness (QED) is 0.875. The molecule has 2 N–H and O–H groups in total. The zero-order valence-electron chi connectivity index (χ0n) is 9.30. The van der Waals surface area contributed by atoms with Gasteiger partial charge in [0, 0.05) is 13.1 Å². The van der Waals surface area contributed by atoms with E-state index in [1.807, 2.05) is 37.4 Å². The monoisotopic (exact) mass is 240 g/mol. The molecule has 0 saturated heterocycles. The highest BCUT2D eigenvalue weighted by molar-refractivity contribution is 5.85. The van der Waals surface area contributed by atoms with Crippen LogP contribution in [0, 0.1) is 0 Å². The summed E-state index contributed by atoms with van der Waals surface area (Å²) >= 11 is 0. The Morgan fingerprint density at radius 3 is 2.44 bits per heavy atom. The average molecular weight is 241 g/mol. The molecule has 0 spiro atoms. The van der Waals surface area contributed by atoms with E-state index in [9.17, 15) is 4.79 Å². The van der Waals surface area contributed by atoms with Crippen molar-refractivity contribution in [2.24, 2.45) is 5.73 Å². The van der Waals surface area contributed by atoms with Crippen LogP contribution in [0.15, 0.2) is 30.3 Å². The third-order valence-electron chi connectivity index (χ3n) is 2.87. The molecule has 3 nitrogen and oxygen atoms in total. The second-order valence-corrected chi connectivity index (χ2v) is 4.07. The van der Waals surface area contributed by atoms with Gasteiger partial charge in [0.2, 0.25) is 5.91 Å². The Labute approximate surface area is 102 Å². The predicted octanol–water partition coefficient (Wildman–Crippen LogP) is 1.73. The highest BCUT2D eigenvalue weighted by Crippen LogP contribution is 2.27. The zero-order chi connectivity index (χ0) is 10.8. The Kier molecular flexibility index (Phi) is 4.33. The number of carbonyl (C=O) groups is 1. The molecule has 4 heteroatoms. The van der Waals surface area contributed by atoms with Crippen LogP contribution in [0.25, 0.3) is 0 Å². The first-order chi connectivity index (χ1) is 7.20. The van der Waals surface area contributed by atoms with Crippen molar-refractivity contribution in [2.75, 3.05) is 7.05 Å². The van der Waals surface area contributed by atoms with Crippen molar-refractivity contribution in [2.45, 2.75) is 24.9 Å². The van der Waals surface area contributed by atoms with Gasteiger partial charge in [-0.05, 0) is 18.4 Å². The number of nitrogens with zero attached hydrogens (tertiary/aromatic N) is 1. The summed E-state index contributed by atoms with van der Waals surface area (Å²) in [7, 11) is 1.84. The van der Waals surface area contributed by atoms with Crippen molar-refractivity contribution >= 4 is 18.3 Å². The second-order valence-electron chi connectivity index (χ2n) is 4.07. The third-order valence-corrected chi connectivity index (χ3v) is 2.87. The summed E-state index contributed by atoms with van der Waals surface area (Å²) in [6, 6.07) is 9.42. The number of likely N-dealkylation sites (N-methyl/N-ethyl adjacent to an activating group) is 1. The molecule has 1 fully saturated rings. The lowest BCUT2D eigenvalue weighted by Gasteiger charge is -2.21. The molecule has 2 rings (SSSR count). The molecule has 1 aliphatic rings. The Morgan fingerprint density at radius 1 is 1.38 bits per heavy atom. The molecule has 0 aliphatic heterocycles. The lowest BCUT2D eigenvalue weighted by Crippen LogP contribution is -2.37. The number of benzene rings is 1. The van der Waals surface area contributed by atoms with Crippen LogP contribution in [0.1, 0.15) is 24.4 Å². The van der Waals surface area contributed by atoms with Gasteiger partial charge in [-0.3, -0.25) is 4.79 Å². The SMILES string of the molecule is CN(C(=O)C(N)c1ccccc1)C1CC1.Cl. The summed E-state index contributed by atoms with van der Waals surface area (Å²) < 4.78 is 0. The van der Waals surface area contributed by atoms with Crippen molar-refractivity contribution in [1.29, 1.82) is 0 Å². The molecule has 1 saturated carbocycles. The van der Waals surface area contributed by atoms with Crippen LogP contribution in [0.3, 0.4) is 0 Å². The molecule has 1 atom stereocenters. The van der Waals surface area contributed by atoms with Crippen LogP contribution in [-0.2, 0) is 4.79 Å². The first-order valence-corrected chi connectivity index (χ1v) is 5.27. The Bertz CT molecular complexity index is 351. The molecule has 0 bridgehead atoms. The number of halogens is 1. The number of nitrogens with two attached hydrogens (primary N) is 1. The van der Waals surface area contributed by atoms with Crippen LogP contribution in [0.5, 0.6) is 0 Å². The first-order valence-electron chi connectivity index (χ1n) is 5.27. The smallest absolute Gasteiger partial charge is 0.244 e. The van der Waals surface area contributed by atoms with E-state index in [-0.39, 0.29) is 18.3 Å². The van der Waals surface area contributed by atoms with Crippen LogP contribution >= 0.6 is 12.4 Å². The van der Waals surface area contributed by atoms with Gasteiger partial charge in [-0.15, -0.1) is 12.4 Å². The van der Waals surface area contributed by atoms with Gasteiger partial charge in [0.15, 0.2) is 0 Å². The fourth-order valence-electron chi connectivity index (χ4n) is 1.66. The minimum atomic E-state index is -0.517. The molecule has 0 aromatic heterocycles. The van der Waals surface area contributed by atoms with Crippen LogP contribution in [0.4, 0.5) is 0 Å². The zero-order valence-corrected chi connectivity index (χ0v) is 10.1. The fourth-order valence-corrected chi connectivity index (χ4v) is 1.66. The van der Waals surface area contributed by atoms with E-state index in [0.717, 1.165) is 18.4 Å². The summed E-state index contributed by atoms with van der Waals surface area (Å²) in [5.74, 6) is 0.0173. The van der Waals surface area contributed by atoms with Gasteiger partial charge in [-0.2, -0.15) is 0 Å². The Balaban J connectivity index is 0.00000128. The van der Waals surface area contributed by atoms with Crippen LogP contribution in [-0.4, -0.2) is 23.9 Å². The second kappa shape index (κ2) is 5.32. The largest absolute Gasteiger partial charge is 0.341 e. The molecule has 1 aliphatic carbocycles. The number of hydrogen-bond donors (Lipinski definition) is 1. The number of carbonyl (C=O) groups excluding carboxylic acids is 1. The predicted molar refractivity (Wildman–Crippen MR) is 66.4 cm³/mol. The standard InChI is InChI=1S/C12H16N2O.ClH/c1-14(10-7-8-10)12(15)11(13)9-5-3-2-4-6-9;/h2-6,10-11H,7-8,13H2,1H3;1H. The van der Waals surface area contributed by atoms with E-state index in [1.54, 1.807) is 4.90 Å². The van der Waals surface area contributed by atoms with E-state index in [1.165, 1.54) is 0 Å². The van der Waals surface area contributed by atoms with E-state index in [0.29, 0.717) is 6.04 Å². The molecule has 1 aromatic rings. The van der Waals surface area contributed by atoms with Gasteiger partial charge in [-0.1, -0.05) is 30.3 Å². The van der Waals surface area contributed by atoms with Crippen molar-refractivity contribution in [3.63, 3.8) is 0 Å². The van der Waals surface area contributed by atoms with E-state index in [2.05, 4.69) is 0 Å².